The normalized spacial score (nSPS) is 22.3. The van der Waals surface area contributed by atoms with Crippen molar-refractivity contribution in [2.45, 2.75) is 56.4 Å². The number of pyridine rings is 1. The maximum absolute atomic E-state index is 13.9. The van der Waals surface area contributed by atoms with E-state index < -0.39 is 0 Å². The van der Waals surface area contributed by atoms with Crippen molar-refractivity contribution in [3.05, 3.63) is 66.0 Å². The number of benzene rings is 1. The minimum atomic E-state index is -0.312. The second-order valence-corrected chi connectivity index (χ2v) is 7.97. The van der Waals surface area contributed by atoms with Gasteiger partial charge in [-0.15, -0.1) is 0 Å². The van der Waals surface area contributed by atoms with Crippen molar-refractivity contribution >= 4 is 5.91 Å². The Hall–Kier alpha value is -2.16. The highest BCUT2D eigenvalue weighted by atomic mass is 16.2. The Balaban J connectivity index is 1.70. The molecule has 2 heterocycles. The third-order valence-corrected chi connectivity index (χ3v) is 6.30. The topological polar surface area (TPSA) is 24.2 Å². The molecule has 0 bridgehead atoms. The zero-order valence-electron chi connectivity index (χ0n) is 15.7. The maximum atomic E-state index is 13.9. The molecule has 26 heavy (non-hydrogen) atoms. The van der Waals surface area contributed by atoms with Crippen LogP contribution in [0.1, 0.15) is 62.1 Å². The Morgan fingerprint density at radius 2 is 1.81 bits per heavy atom. The zero-order valence-corrected chi connectivity index (χ0v) is 15.7. The fourth-order valence-corrected chi connectivity index (χ4v) is 4.97. The maximum Gasteiger partial charge on any atom is 0.233 e. The van der Waals surface area contributed by atoms with E-state index in [1.54, 1.807) is 0 Å². The number of aromatic nitrogens is 1. The summed E-state index contributed by atoms with van der Waals surface area (Å²) in [5.41, 5.74) is 2.17. The van der Waals surface area contributed by atoms with Crippen LogP contribution in [0.15, 0.2) is 54.9 Å². The van der Waals surface area contributed by atoms with Crippen LogP contribution in [0, 0.1) is 0 Å². The number of carbonyl (C=O) groups is 1. The van der Waals surface area contributed by atoms with Gasteiger partial charge in [-0.3, -0.25) is 4.79 Å². The summed E-state index contributed by atoms with van der Waals surface area (Å²) in [4.78, 5) is 16.1. The van der Waals surface area contributed by atoms with Crippen LogP contribution in [0.5, 0.6) is 0 Å². The molecule has 1 atom stereocenters. The molecule has 2 aliphatic rings. The lowest BCUT2D eigenvalue weighted by molar-refractivity contribution is -0.672. The summed E-state index contributed by atoms with van der Waals surface area (Å²) >= 11 is 0. The van der Waals surface area contributed by atoms with E-state index in [1.165, 1.54) is 17.5 Å². The summed E-state index contributed by atoms with van der Waals surface area (Å²) < 4.78 is 2.09. The molecule has 1 aliphatic heterocycles. The molecule has 2 aromatic rings. The molecular weight excluding hydrogens is 320 g/mol. The molecule has 3 heteroatoms. The Labute approximate surface area is 156 Å². The van der Waals surface area contributed by atoms with Gasteiger partial charge in [0.1, 0.15) is 7.05 Å². The van der Waals surface area contributed by atoms with Gasteiger partial charge >= 0.3 is 0 Å². The van der Waals surface area contributed by atoms with Crippen molar-refractivity contribution in [3.63, 3.8) is 0 Å². The quantitative estimate of drug-likeness (QED) is 0.766. The average molecular weight is 349 g/mol. The smallest absolute Gasteiger partial charge is 0.233 e. The zero-order chi connectivity index (χ0) is 18.0. The fraction of sp³-hybridized carbons (Fsp3) is 0.478. The number of hydrogen-bond acceptors (Lipinski definition) is 1. The number of hydrogen-bond donors (Lipinski definition) is 0. The Morgan fingerprint density at radius 1 is 1.04 bits per heavy atom. The molecule has 3 nitrogen and oxygen atoms in total. The van der Waals surface area contributed by atoms with E-state index in [2.05, 4.69) is 65.3 Å². The van der Waals surface area contributed by atoms with E-state index >= 15 is 0 Å². The molecule has 1 aromatic heterocycles. The van der Waals surface area contributed by atoms with Gasteiger partial charge in [0, 0.05) is 18.2 Å². The number of piperidine rings is 1. The molecular formula is C23H29N2O+. The lowest BCUT2D eigenvalue weighted by Gasteiger charge is -2.41. The summed E-state index contributed by atoms with van der Waals surface area (Å²) in [6.45, 7) is 0.886. The highest BCUT2D eigenvalue weighted by molar-refractivity contribution is 5.89. The van der Waals surface area contributed by atoms with Crippen molar-refractivity contribution in [3.8, 4) is 0 Å². The molecule has 4 rings (SSSR count). The minimum absolute atomic E-state index is 0.213. The molecule has 0 unspecified atom stereocenters. The lowest BCUT2D eigenvalue weighted by atomic mass is 9.76. The first-order chi connectivity index (χ1) is 12.7. The van der Waals surface area contributed by atoms with Crippen LogP contribution in [0.2, 0.25) is 0 Å². The van der Waals surface area contributed by atoms with Crippen LogP contribution in [0.4, 0.5) is 0 Å². The molecule has 0 spiro atoms. The molecule has 1 aromatic carbocycles. The van der Waals surface area contributed by atoms with E-state index in [0.29, 0.717) is 5.91 Å². The van der Waals surface area contributed by atoms with Crippen molar-refractivity contribution < 1.29 is 9.36 Å². The number of likely N-dealkylation sites (tertiary alicyclic amines) is 1. The molecule has 0 N–H and O–H groups in total. The number of amides is 1. The van der Waals surface area contributed by atoms with Gasteiger partial charge in [0.2, 0.25) is 5.91 Å². The van der Waals surface area contributed by atoms with Gasteiger partial charge in [-0.05, 0) is 43.7 Å². The van der Waals surface area contributed by atoms with Crippen LogP contribution in [0.3, 0.4) is 0 Å². The van der Waals surface area contributed by atoms with Crippen LogP contribution >= 0.6 is 0 Å². The third kappa shape index (κ3) is 3.04. The van der Waals surface area contributed by atoms with Crippen LogP contribution in [-0.2, 0) is 17.3 Å². The highest BCUT2D eigenvalue weighted by Crippen LogP contribution is 2.45. The highest BCUT2D eigenvalue weighted by Gasteiger charge is 2.46. The van der Waals surface area contributed by atoms with Gasteiger partial charge in [-0.25, -0.2) is 4.57 Å². The molecule has 0 radical (unpaired) electrons. The van der Waals surface area contributed by atoms with Crippen molar-refractivity contribution in [2.24, 2.45) is 7.05 Å². The van der Waals surface area contributed by atoms with Gasteiger partial charge in [-0.2, -0.15) is 0 Å². The standard InChI is InChI=1S/C23H29N2O/c1-24-16-9-10-19(18-24)21-13-5-8-17-25(21)22(26)23(14-6-7-15-23)20-11-3-2-4-12-20/h2-4,9-12,16,18,21H,5-8,13-15,17H2,1H3/q+1/t21-/m1/s1. The second kappa shape index (κ2) is 7.22. The van der Waals surface area contributed by atoms with Crippen molar-refractivity contribution in [1.29, 1.82) is 0 Å². The van der Waals surface area contributed by atoms with E-state index in [-0.39, 0.29) is 11.5 Å². The van der Waals surface area contributed by atoms with Crippen LogP contribution in [0.25, 0.3) is 0 Å². The first kappa shape index (κ1) is 17.3. The summed E-state index contributed by atoms with van der Waals surface area (Å²) in [5.74, 6) is 0.359. The summed E-state index contributed by atoms with van der Waals surface area (Å²) in [5, 5.41) is 0. The predicted molar refractivity (Wildman–Crippen MR) is 103 cm³/mol. The number of rotatable bonds is 3. The lowest BCUT2D eigenvalue weighted by Crippen LogP contribution is -2.49. The van der Waals surface area contributed by atoms with Crippen LogP contribution < -0.4 is 4.57 Å². The Bertz CT molecular complexity index is 765. The first-order valence-electron chi connectivity index (χ1n) is 10.0. The molecule has 1 aliphatic carbocycles. The molecule has 136 valence electrons. The summed E-state index contributed by atoms with van der Waals surface area (Å²) in [6, 6.07) is 15.0. The van der Waals surface area contributed by atoms with Gasteiger partial charge in [-0.1, -0.05) is 43.2 Å². The minimum Gasteiger partial charge on any atom is -0.335 e. The van der Waals surface area contributed by atoms with Gasteiger partial charge in [0.05, 0.1) is 11.5 Å². The largest absolute Gasteiger partial charge is 0.335 e. The van der Waals surface area contributed by atoms with E-state index in [0.717, 1.165) is 45.1 Å². The predicted octanol–water partition coefficient (Wildman–Crippen LogP) is 4.08. The van der Waals surface area contributed by atoms with E-state index in [4.69, 9.17) is 0 Å². The van der Waals surface area contributed by atoms with Crippen molar-refractivity contribution in [2.75, 3.05) is 6.54 Å². The second-order valence-electron chi connectivity index (χ2n) is 7.97. The van der Waals surface area contributed by atoms with Crippen molar-refractivity contribution in [1.82, 2.24) is 4.90 Å². The average Bonchev–Trinajstić information content (AvgIpc) is 3.19. The van der Waals surface area contributed by atoms with E-state index in [1.807, 2.05) is 6.07 Å². The van der Waals surface area contributed by atoms with Gasteiger partial charge in [0.25, 0.3) is 0 Å². The summed E-state index contributed by atoms with van der Waals surface area (Å²) in [6.07, 6.45) is 11.9. The molecule has 1 saturated carbocycles. The summed E-state index contributed by atoms with van der Waals surface area (Å²) in [7, 11) is 2.06. The Morgan fingerprint density at radius 3 is 2.54 bits per heavy atom. The fourth-order valence-electron chi connectivity index (χ4n) is 4.97. The third-order valence-electron chi connectivity index (χ3n) is 6.30. The van der Waals surface area contributed by atoms with E-state index in [9.17, 15) is 4.79 Å². The van der Waals surface area contributed by atoms with Crippen LogP contribution in [-0.4, -0.2) is 17.4 Å². The van der Waals surface area contributed by atoms with Gasteiger partial charge in [0.15, 0.2) is 12.4 Å². The molecule has 1 saturated heterocycles. The molecule has 2 fully saturated rings. The van der Waals surface area contributed by atoms with Gasteiger partial charge < -0.3 is 4.90 Å². The molecule has 1 amide bonds. The first-order valence-corrected chi connectivity index (χ1v) is 10.0. The number of aryl methyl sites for hydroxylation is 1. The SMILES string of the molecule is C[n+]1cccc([C@H]2CCCCN2C(=O)C2(c3ccccc3)CCCC2)c1. The monoisotopic (exact) mass is 349 g/mol. The Kier molecular flexibility index (Phi) is 4.80. The number of nitrogens with zero attached hydrogens (tertiary/aromatic N) is 2. The number of carbonyl (C=O) groups excluding carboxylic acids is 1.